The smallest absolute Gasteiger partial charge is 0.418 e. The van der Waals surface area contributed by atoms with E-state index in [0.717, 1.165) is 25.3 Å². The fourth-order valence-corrected chi connectivity index (χ4v) is 3.13. The summed E-state index contributed by atoms with van der Waals surface area (Å²) >= 11 is 0. The highest BCUT2D eigenvalue weighted by molar-refractivity contribution is 5.90. The van der Waals surface area contributed by atoms with Gasteiger partial charge in [0.05, 0.1) is 24.3 Å². The number of hydrogen-bond donors (Lipinski definition) is 2. The molecule has 1 aliphatic rings. The molecule has 1 saturated heterocycles. The van der Waals surface area contributed by atoms with E-state index in [1.807, 2.05) is 0 Å². The third-order valence-electron chi connectivity index (χ3n) is 4.63. The zero-order chi connectivity index (χ0) is 20.2. The van der Waals surface area contributed by atoms with E-state index in [4.69, 9.17) is 5.11 Å². The van der Waals surface area contributed by atoms with Crippen LogP contribution in [0.15, 0.2) is 18.2 Å². The summed E-state index contributed by atoms with van der Waals surface area (Å²) in [6.07, 6.45) is -5.12. The van der Waals surface area contributed by atoms with Gasteiger partial charge >= 0.3 is 18.2 Å². The number of carboxylic acid groups (broad SMARTS) is 1. The fraction of sp³-hybridized carbons (Fsp3) is 0.529. The Morgan fingerprint density at radius 2 is 1.96 bits per heavy atom. The molecule has 150 valence electrons. The summed E-state index contributed by atoms with van der Waals surface area (Å²) in [5.41, 5.74) is -1.52. The average Bonchev–Trinajstić information content (AvgIpc) is 2.64. The second kappa shape index (κ2) is 8.45. The number of likely N-dealkylation sites (tertiary alicyclic amines) is 1. The summed E-state index contributed by atoms with van der Waals surface area (Å²) in [5.74, 6) is -1.15. The third kappa shape index (κ3) is 5.01. The van der Waals surface area contributed by atoms with Gasteiger partial charge in [0.15, 0.2) is 0 Å². The van der Waals surface area contributed by atoms with Crippen LogP contribution in [-0.4, -0.2) is 55.0 Å². The van der Waals surface area contributed by atoms with Crippen LogP contribution in [0.1, 0.15) is 28.8 Å². The molecular formula is C17H20F4N2O4. The molecule has 1 amide bonds. The van der Waals surface area contributed by atoms with E-state index in [2.05, 4.69) is 10.1 Å². The Bertz CT molecular complexity index is 688. The standard InChI is InChI=1S/C17H20F4N2O4/c1-27-15(24)11-2-3-12(17(19,20)21)13(8-11)22-14(9-18)10-4-6-23(7-5-10)16(25)26/h2-3,8,10,14,22H,4-7,9H2,1H3,(H,25,26)/t14-/m0/s1. The van der Waals surface area contributed by atoms with Crippen molar-refractivity contribution in [2.24, 2.45) is 5.92 Å². The van der Waals surface area contributed by atoms with E-state index >= 15 is 0 Å². The number of esters is 1. The molecule has 0 unspecified atom stereocenters. The van der Waals surface area contributed by atoms with Crippen LogP contribution < -0.4 is 5.32 Å². The summed E-state index contributed by atoms with van der Waals surface area (Å²) in [4.78, 5) is 23.7. The van der Waals surface area contributed by atoms with E-state index < -0.39 is 42.2 Å². The molecule has 0 aliphatic carbocycles. The van der Waals surface area contributed by atoms with Gasteiger partial charge in [-0.15, -0.1) is 0 Å². The molecule has 0 aromatic heterocycles. The lowest BCUT2D eigenvalue weighted by molar-refractivity contribution is -0.137. The number of hydrogen-bond acceptors (Lipinski definition) is 4. The topological polar surface area (TPSA) is 78.9 Å². The SMILES string of the molecule is COC(=O)c1ccc(C(F)(F)F)c(N[C@@H](CF)C2CCN(C(=O)O)CC2)c1. The summed E-state index contributed by atoms with van der Waals surface area (Å²) in [6.45, 7) is -0.559. The van der Waals surface area contributed by atoms with Gasteiger partial charge in [0.25, 0.3) is 0 Å². The Hall–Kier alpha value is -2.52. The number of nitrogens with zero attached hydrogens (tertiary/aromatic N) is 1. The van der Waals surface area contributed by atoms with E-state index in [-0.39, 0.29) is 24.6 Å². The van der Waals surface area contributed by atoms with Crippen LogP contribution in [0.3, 0.4) is 0 Å². The molecule has 10 heteroatoms. The van der Waals surface area contributed by atoms with Crippen molar-refractivity contribution < 1.29 is 37.0 Å². The number of amides is 1. The molecule has 6 nitrogen and oxygen atoms in total. The van der Waals surface area contributed by atoms with Crippen molar-refractivity contribution in [2.75, 3.05) is 32.2 Å². The maximum Gasteiger partial charge on any atom is 0.418 e. The zero-order valence-electron chi connectivity index (χ0n) is 14.6. The van der Waals surface area contributed by atoms with E-state index in [0.29, 0.717) is 12.8 Å². The van der Waals surface area contributed by atoms with Gasteiger partial charge in [-0.1, -0.05) is 0 Å². The molecule has 0 radical (unpaired) electrons. The van der Waals surface area contributed by atoms with Gasteiger partial charge in [0.2, 0.25) is 0 Å². The number of anilines is 1. The van der Waals surface area contributed by atoms with Crippen LogP contribution in [0.2, 0.25) is 0 Å². The predicted molar refractivity (Wildman–Crippen MR) is 88.5 cm³/mol. The Kier molecular flexibility index (Phi) is 6.50. The van der Waals surface area contributed by atoms with Gasteiger partial charge < -0.3 is 20.1 Å². The molecule has 0 bridgehead atoms. The van der Waals surface area contributed by atoms with Crippen molar-refractivity contribution in [3.8, 4) is 0 Å². The Morgan fingerprint density at radius 3 is 2.44 bits per heavy atom. The number of rotatable bonds is 5. The molecule has 2 rings (SSSR count). The van der Waals surface area contributed by atoms with Gasteiger partial charge in [-0.05, 0) is 37.0 Å². The predicted octanol–water partition coefficient (Wildman–Crippen LogP) is 3.63. The second-order valence-corrected chi connectivity index (χ2v) is 6.26. The van der Waals surface area contributed by atoms with Crippen LogP contribution in [-0.2, 0) is 10.9 Å². The highest BCUT2D eigenvalue weighted by atomic mass is 19.4. The number of halogens is 4. The normalized spacial score (nSPS) is 16.7. The molecule has 0 spiro atoms. The molecule has 0 saturated carbocycles. The maximum atomic E-state index is 13.6. The zero-order valence-corrected chi connectivity index (χ0v) is 14.6. The number of ether oxygens (including phenoxy) is 1. The highest BCUT2D eigenvalue weighted by Crippen LogP contribution is 2.36. The summed E-state index contributed by atoms with van der Waals surface area (Å²) in [5, 5.41) is 11.5. The molecular weight excluding hydrogens is 372 g/mol. The van der Waals surface area contributed by atoms with Crippen molar-refractivity contribution in [1.29, 1.82) is 0 Å². The molecule has 1 fully saturated rings. The number of piperidine rings is 1. The molecule has 1 heterocycles. The average molecular weight is 392 g/mol. The van der Waals surface area contributed by atoms with Crippen LogP contribution >= 0.6 is 0 Å². The molecule has 1 atom stereocenters. The number of nitrogens with one attached hydrogen (secondary N) is 1. The fourth-order valence-electron chi connectivity index (χ4n) is 3.13. The van der Waals surface area contributed by atoms with Crippen molar-refractivity contribution in [1.82, 2.24) is 4.90 Å². The van der Waals surface area contributed by atoms with E-state index in [1.54, 1.807) is 0 Å². The number of carbonyl (C=O) groups excluding carboxylic acids is 1. The lowest BCUT2D eigenvalue weighted by atomic mass is 9.89. The Morgan fingerprint density at radius 1 is 1.33 bits per heavy atom. The third-order valence-corrected chi connectivity index (χ3v) is 4.63. The number of benzene rings is 1. The first kappa shape index (κ1) is 20.8. The molecule has 1 aliphatic heterocycles. The maximum absolute atomic E-state index is 13.6. The van der Waals surface area contributed by atoms with Crippen LogP contribution in [0.4, 0.5) is 28.0 Å². The molecule has 1 aromatic rings. The largest absolute Gasteiger partial charge is 0.465 e. The van der Waals surface area contributed by atoms with Gasteiger partial charge in [-0.2, -0.15) is 13.2 Å². The van der Waals surface area contributed by atoms with Crippen LogP contribution in [0, 0.1) is 5.92 Å². The first-order chi connectivity index (χ1) is 12.7. The quantitative estimate of drug-likeness (QED) is 0.591. The Balaban J connectivity index is 2.24. The summed E-state index contributed by atoms with van der Waals surface area (Å²) in [7, 11) is 1.10. The lowest BCUT2D eigenvalue weighted by Gasteiger charge is -2.35. The van der Waals surface area contributed by atoms with E-state index in [9.17, 15) is 27.2 Å². The molecule has 27 heavy (non-hydrogen) atoms. The Labute approximate surface area is 153 Å². The first-order valence-corrected chi connectivity index (χ1v) is 8.27. The minimum atomic E-state index is -4.69. The minimum Gasteiger partial charge on any atom is -0.465 e. The van der Waals surface area contributed by atoms with Crippen molar-refractivity contribution in [3.63, 3.8) is 0 Å². The highest BCUT2D eigenvalue weighted by Gasteiger charge is 2.36. The molecule has 2 N–H and O–H groups in total. The molecule has 1 aromatic carbocycles. The summed E-state index contributed by atoms with van der Waals surface area (Å²) in [6, 6.07) is 1.80. The van der Waals surface area contributed by atoms with Crippen molar-refractivity contribution >= 4 is 17.7 Å². The van der Waals surface area contributed by atoms with Crippen molar-refractivity contribution in [3.05, 3.63) is 29.3 Å². The van der Waals surface area contributed by atoms with Gasteiger partial charge in [0, 0.05) is 18.8 Å². The van der Waals surface area contributed by atoms with Gasteiger partial charge in [0.1, 0.15) is 6.67 Å². The van der Waals surface area contributed by atoms with Crippen LogP contribution in [0.25, 0.3) is 0 Å². The second-order valence-electron chi connectivity index (χ2n) is 6.26. The van der Waals surface area contributed by atoms with Crippen molar-refractivity contribution in [2.45, 2.75) is 25.1 Å². The lowest BCUT2D eigenvalue weighted by Crippen LogP contribution is -2.43. The number of carbonyl (C=O) groups is 2. The summed E-state index contributed by atoms with van der Waals surface area (Å²) < 4.78 is 57.9. The van der Waals surface area contributed by atoms with Gasteiger partial charge in [-0.25, -0.2) is 14.0 Å². The number of alkyl halides is 4. The van der Waals surface area contributed by atoms with E-state index in [1.165, 1.54) is 4.90 Å². The van der Waals surface area contributed by atoms with Gasteiger partial charge in [-0.3, -0.25) is 0 Å². The monoisotopic (exact) mass is 392 g/mol. The number of methoxy groups -OCH3 is 1. The van der Waals surface area contributed by atoms with Crippen LogP contribution in [0.5, 0.6) is 0 Å². The minimum absolute atomic E-state index is 0.0914. The first-order valence-electron chi connectivity index (χ1n) is 8.27.